The molecule has 3 N–H and O–H groups in total. The molecule has 0 saturated heterocycles. The normalized spacial score (nSPS) is 11.7. The summed E-state index contributed by atoms with van der Waals surface area (Å²) in [7, 11) is 0. The second-order valence-corrected chi connectivity index (χ2v) is 8.32. The van der Waals surface area contributed by atoms with Crippen LogP contribution in [0.4, 0.5) is 0 Å². The van der Waals surface area contributed by atoms with E-state index in [1.165, 1.54) is 6.33 Å². The number of nitrogens with zero attached hydrogens (tertiary/aromatic N) is 2. The van der Waals surface area contributed by atoms with Crippen LogP contribution in [0.1, 0.15) is 34.5 Å². The molecule has 0 bridgehead atoms. The van der Waals surface area contributed by atoms with Gasteiger partial charge in [0.15, 0.2) is 0 Å². The molecule has 0 saturated carbocycles. The van der Waals surface area contributed by atoms with E-state index in [0.29, 0.717) is 19.6 Å². The summed E-state index contributed by atoms with van der Waals surface area (Å²) >= 11 is 0. The van der Waals surface area contributed by atoms with Crippen molar-refractivity contribution in [1.82, 2.24) is 9.55 Å². The first-order valence-electron chi connectivity index (χ1n) is 11.6. The molecule has 0 aliphatic heterocycles. The largest absolute Gasteiger partial charge is 0.489 e. The van der Waals surface area contributed by atoms with Gasteiger partial charge >= 0.3 is 0 Å². The average molecular weight is 472 g/mol. The first-order valence-corrected chi connectivity index (χ1v) is 11.6. The Morgan fingerprint density at radius 1 is 0.971 bits per heavy atom. The highest BCUT2D eigenvalue weighted by molar-refractivity contribution is 5.90. The predicted octanol–water partition coefficient (Wildman–Crippen LogP) is 4.74. The minimum absolute atomic E-state index is 0.196. The molecule has 1 heterocycles. The van der Waals surface area contributed by atoms with Crippen LogP contribution in [0.3, 0.4) is 0 Å². The fourth-order valence-corrected chi connectivity index (χ4v) is 3.74. The predicted molar refractivity (Wildman–Crippen MR) is 133 cm³/mol. The van der Waals surface area contributed by atoms with E-state index in [2.05, 4.69) is 4.98 Å². The lowest BCUT2D eigenvalue weighted by Gasteiger charge is -2.14. The Morgan fingerprint density at radius 3 is 2.43 bits per heavy atom. The van der Waals surface area contributed by atoms with Crippen molar-refractivity contribution >= 4 is 5.91 Å². The molecular weight excluding hydrogens is 442 g/mol. The summed E-state index contributed by atoms with van der Waals surface area (Å²) in [5.74, 6) is 1.84. The van der Waals surface area contributed by atoms with Gasteiger partial charge in [-0.25, -0.2) is 4.98 Å². The highest BCUT2D eigenvalue weighted by atomic mass is 16.5. The number of hydrogen-bond acceptors (Lipinski definition) is 5. The van der Waals surface area contributed by atoms with Gasteiger partial charge in [0.05, 0.1) is 12.4 Å². The van der Waals surface area contributed by atoms with Gasteiger partial charge in [-0.1, -0.05) is 48.5 Å². The van der Waals surface area contributed by atoms with Crippen molar-refractivity contribution in [3.63, 3.8) is 0 Å². The maximum Gasteiger partial charge on any atom is 0.268 e. The summed E-state index contributed by atoms with van der Waals surface area (Å²) < 4.78 is 13.6. The standard InChI is InChI=1S/C28H29N3O4/c29-28(33)26-18-31(20-30-26)17-23(32)9-6-8-22-7-4-5-12-27(22)34-19-21-13-15-25(16-14-21)35-24-10-2-1-3-11-24/h1-5,7,10-16,18,20,23,32H,6,8-9,17,19H2,(H2,29,33). The van der Waals surface area contributed by atoms with Crippen molar-refractivity contribution in [3.05, 3.63) is 108 Å². The molecule has 0 aliphatic rings. The van der Waals surface area contributed by atoms with Gasteiger partial charge in [0, 0.05) is 12.7 Å². The van der Waals surface area contributed by atoms with E-state index in [4.69, 9.17) is 15.2 Å². The van der Waals surface area contributed by atoms with Crippen LogP contribution in [0, 0.1) is 0 Å². The zero-order valence-corrected chi connectivity index (χ0v) is 19.4. The minimum atomic E-state index is -0.577. The minimum Gasteiger partial charge on any atom is -0.489 e. The smallest absolute Gasteiger partial charge is 0.268 e. The van der Waals surface area contributed by atoms with Gasteiger partial charge < -0.3 is 24.9 Å². The lowest BCUT2D eigenvalue weighted by atomic mass is 10.0. The summed E-state index contributed by atoms with van der Waals surface area (Å²) in [6.45, 7) is 0.816. The Hall–Kier alpha value is -4.10. The van der Waals surface area contributed by atoms with E-state index >= 15 is 0 Å². The van der Waals surface area contributed by atoms with Crippen LogP contribution in [0.5, 0.6) is 17.2 Å². The van der Waals surface area contributed by atoms with Gasteiger partial charge in [0.1, 0.15) is 29.5 Å². The molecule has 35 heavy (non-hydrogen) atoms. The fourth-order valence-electron chi connectivity index (χ4n) is 3.74. The molecule has 7 heteroatoms. The SMILES string of the molecule is NC(=O)c1cn(CC(O)CCCc2ccccc2OCc2ccc(Oc3ccccc3)cc2)cn1. The summed E-state index contributed by atoms with van der Waals surface area (Å²) in [5, 5.41) is 10.4. The number of amides is 1. The summed E-state index contributed by atoms with van der Waals surface area (Å²) in [5.41, 5.74) is 7.56. The third-order valence-corrected chi connectivity index (χ3v) is 5.56. The van der Waals surface area contributed by atoms with E-state index < -0.39 is 12.0 Å². The number of para-hydroxylation sites is 2. The summed E-state index contributed by atoms with van der Waals surface area (Å²) in [6, 6.07) is 25.5. The van der Waals surface area contributed by atoms with Crippen LogP contribution < -0.4 is 15.2 Å². The number of aliphatic hydroxyl groups is 1. The third-order valence-electron chi connectivity index (χ3n) is 5.56. The first-order chi connectivity index (χ1) is 17.1. The molecule has 4 rings (SSSR count). The van der Waals surface area contributed by atoms with Gasteiger partial charge in [-0.05, 0) is 60.7 Å². The Balaban J connectivity index is 1.25. The average Bonchev–Trinajstić information content (AvgIpc) is 3.34. The Bertz CT molecular complexity index is 1220. The zero-order chi connectivity index (χ0) is 24.5. The topological polar surface area (TPSA) is 99.6 Å². The number of benzene rings is 3. The number of aromatic nitrogens is 2. The molecule has 4 aromatic rings. The molecule has 7 nitrogen and oxygen atoms in total. The molecule has 1 atom stereocenters. The summed E-state index contributed by atoms with van der Waals surface area (Å²) in [4.78, 5) is 15.1. The number of carbonyl (C=O) groups is 1. The number of carbonyl (C=O) groups excluding carboxylic acids is 1. The third kappa shape index (κ3) is 7.19. The van der Waals surface area contributed by atoms with Gasteiger partial charge in [0.2, 0.25) is 0 Å². The van der Waals surface area contributed by atoms with Gasteiger partial charge in [-0.2, -0.15) is 0 Å². The molecule has 0 radical (unpaired) electrons. The maximum absolute atomic E-state index is 11.2. The van der Waals surface area contributed by atoms with E-state index in [1.54, 1.807) is 10.8 Å². The summed E-state index contributed by atoms with van der Waals surface area (Å²) in [6.07, 6.45) is 4.70. The first kappa shape index (κ1) is 24.0. The van der Waals surface area contributed by atoms with Gasteiger partial charge in [-0.3, -0.25) is 4.79 Å². The number of hydrogen-bond donors (Lipinski definition) is 2. The van der Waals surface area contributed by atoms with Crippen LogP contribution in [0.25, 0.3) is 0 Å². The van der Waals surface area contributed by atoms with Crippen molar-refractivity contribution in [2.45, 2.75) is 38.5 Å². The van der Waals surface area contributed by atoms with E-state index in [1.807, 2.05) is 78.9 Å². The van der Waals surface area contributed by atoms with Crippen LogP contribution >= 0.6 is 0 Å². The van der Waals surface area contributed by atoms with Gasteiger partial charge in [0.25, 0.3) is 5.91 Å². The second-order valence-electron chi connectivity index (χ2n) is 8.32. The van der Waals surface area contributed by atoms with Crippen molar-refractivity contribution in [2.75, 3.05) is 0 Å². The number of rotatable bonds is 12. The van der Waals surface area contributed by atoms with Gasteiger partial charge in [-0.15, -0.1) is 0 Å². The van der Waals surface area contributed by atoms with Crippen LogP contribution in [0.2, 0.25) is 0 Å². The highest BCUT2D eigenvalue weighted by Gasteiger charge is 2.10. The molecule has 0 fully saturated rings. The van der Waals surface area contributed by atoms with Crippen molar-refractivity contribution in [3.8, 4) is 17.2 Å². The van der Waals surface area contributed by atoms with Crippen LogP contribution in [0.15, 0.2) is 91.4 Å². The van der Waals surface area contributed by atoms with E-state index in [0.717, 1.165) is 41.2 Å². The molecule has 3 aromatic carbocycles. The van der Waals surface area contributed by atoms with Crippen molar-refractivity contribution in [2.24, 2.45) is 5.73 Å². The molecular formula is C28H29N3O4. The van der Waals surface area contributed by atoms with Crippen LogP contribution in [-0.4, -0.2) is 26.7 Å². The molecule has 1 unspecified atom stereocenters. The van der Waals surface area contributed by atoms with Crippen LogP contribution in [-0.2, 0) is 19.6 Å². The quantitative estimate of drug-likeness (QED) is 0.311. The number of imidazole rings is 1. The lowest BCUT2D eigenvalue weighted by Crippen LogP contribution is -2.15. The monoisotopic (exact) mass is 471 g/mol. The Labute approximate surface area is 204 Å². The number of aliphatic hydroxyl groups excluding tert-OH is 1. The lowest BCUT2D eigenvalue weighted by molar-refractivity contribution is 0.0995. The molecule has 0 aliphatic carbocycles. The number of aryl methyl sites for hydroxylation is 1. The zero-order valence-electron chi connectivity index (χ0n) is 19.4. The molecule has 0 spiro atoms. The Morgan fingerprint density at radius 2 is 1.69 bits per heavy atom. The van der Waals surface area contributed by atoms with Crippen molar-refractivity contribution < 1.29 is 19.4 Å². The second kappa shape index (κ2) is 11.9. The molecule has 180 valence electrons. The molecule has 1 aromatic heterocycles. The maximum atomic E-state index is 11.2. The number of ether oxygens (including phenoxy) is 2. The fraction of sp³-hybridized carbons (Fsp3) is 0.214. The Kier molecular flexibility index (Phi) is 8.14. The number of nitrogens with two attached hydrogens (primary N) is 1. The van der Waals surface area contributed by atoms with Crippen molar-refractivity contribution in [1.29, 1.82) is 0 Å². The highest BCUT2D eigenvalue weighted by Crippen LogP contribution is 2.24. The van der Waals surface area contributed by atoms with E-state index in [9.17, 15) is 9.90 Å². The number of primary amides is 1. The van der Waals surface area contributed by atoms with E-state index in [-0.39, 0.29) is 5.69 Å². The molecule has 1 amide bonds.